The summed E-state index contributed by atoms with van der Waals surface area (Å²) in [5.74, 6) is 0.928. The lowest BCUT2D eigenvalue weighted by Crippen LogP contribution is -2.26. The molecular weight excluding hydrogens is 382 g/mol. The van der Waals surface area contributed by atoms with E-state index in [1.165, 1.54) is 7.11 Å². The fourth-order valence-electron chi connectivity index (χ4n) is 2.77. The van der Waals surface area contributed by atoms with Crippen molar-refractivity contribution in [3.05, 3.63) is 53.6 Å². The Kier molecular flexibility index (Phi) is 8.70. The molecule has 2 N–H and O–H groups in total. The summed E-state index contributed by atoms with van der Waals surface area (Å²) in [6, 6.07) is 14.3. The molecule has 7 heteroatoms. The van der Waals surface area contributed by atoms with Crippen LogP contribution in [0.25, 0.3) is 0 Å². The zero-order chi connectivity index (χ0) is 21.9. The number of hydrogen-bond donors (Lipinski definition) is 2. The van der Waals surface area contributed by atoms with E-state index in [1.54, 1.807) is 25.1 Å². The van der Waals surface area contributed by atoms with Crippen LogP contribution in [0, 0.1) is 11.3 Å². The third-order valence-corrected chi connectivity index (χ3v) is 4.49. The van der Waals surface area contributed by atoms with Gasteiger partial charge in [0.2, 0.25) is 11.8 Å². The van der Waals surface area contributed by atoms with E-state index in [4.69, 9.17) is 14.7 Å². The van der Waals surface area contributed by atoms with Gasteiger partial charge in [0, 0.05) is 24.6 Å². The number of benzene rings is 2. The second-order valence-corrected chi connectivity index (χ2v) is 6.74. The molecule has 1 atom stereocenters. The molecule has 0 bridgehead atoms. The van der Waals surface area contributed by atoms with Crippen molar-refractivity contribution < 1.29 is 19.1 Å². The number of methoxy groups -OCH3 is 1. The molecule has 7 nitrogen and oxygen atoms in total. The highest BCUT2D eigenvalue weighted by Gasteiger charge is 2.11. The Labute approximate surface area is 177 Å². The number of hydrogen-bond acceptors (Lipinski definition) is 5. The Morgan fingerprint density at radius 2 is 1.83 bits per heavy atom. The highest BCUT2D eigenvalue weighted by Crippen LogP contribution is 2.28. The third kappa shape index (κ3) is 6.82. The second kappa shape index (κ2) is 11.5. The van der Waals surface area contributed by atoms with Gasteiger partial charge in [-0.3, -0.25) is 9.59 Å². The number of carbonyl (C=O) groups excluding carboxylic acids is 2. The number of rotatable bonds is 10. The summed E-state index contributed by atoms with van der Waals surface area (Å²) in [5, 5.41) is 14.7. The molecule has 0 saturated carbocycles. The van der Waals surface area contributed by atoms with E-state index in [0.717, 1.165) is 11.3 Å². The van der Waals surface area contributed by atoms with Gasteiger partial charge in [-0.1, -0.05) is 19.1 Å². The molecule has 2 amide bonds. The van der Waals surface area contributed by atoms with E-state index in [-0.39, 0.29) is 17.9 Å². The van der Waals surface area contributed by atoms with Crippen molar-refractivity contribution in [1.82, 2.24) is 5.32 Å². The molecule has 0 spiro atoms. The van der Waals surface area contributed by atoms with Crippen LogP contribution in [0.1, 0.15) is 50.3 Å². The van der Waals surface area contributed by atoms with Crippen molar-refractivity contribution in [1.29, 1.82) is 5.26 Å². The van der Waals surface area contributed by atoms with Gasteiger partial charge in [-0.2, -0.15) is 5.26 Å². The summed E-state index contributed by atoms with van der Waals surface area (Å²) < 4.78 is 10.9. The molecule has 0 fully saturated rings. The molecule has 0 aliphatic heterocycles. The summed E-state index contributed by atoms with van der Waals surface area (Å²) in [6.07, 6.45) is 1.30. The second-order valence-electron chi connectivity index (χ2n) is 6.74. The van der Waals surface area contributed by atoms with E-state index < -0.39 is 0 Å². The first-order chi connectivity index (χ1) is 14.5. The van der Waals surface area contributed by atoms with Crippen LogP contribution >= 0.6 is 0 Å². The SMILES string of the molecule is CCC(=O)Nc1ccc(C(C)NC(=O)CCCOc2ccc(C#N)cc2OC)cc1. The number of carbonyl (C=O) groups is 2. The molecule has 2 aromatic carbocycles. The largest absolute Gasteiger partial charge is 0.493 e. The molecule has 30 heavy (non-hydrogen) atoms. The predicted octanol–water partition coefficient (Wildman–Crippen LogP) is 3.95. The maximum Gasteiger partial charge on any atom is 0.224 e. The van der Waals surface area contributed by atoms with Gasteiger partial charge in [0.25, 0.3) is 0 Å². The van der Waals surface area contributed by atoms with Gasteiger partial charge in [-0.05, 0) is 43.2 Å². The number of anilines is 1. The average Bonchev–Trinajstić information content (AvgIpc) is 2.76. The zero-order valence-electron chi connectivity index (χ0n) is 17.5. The topological polar surface area (TPSA) is 100 Å². The molecule has 0 heterocycles. The predicted molar refractivity (Wildman–Crippen MR) is 114 cm³/mol. The van der Waals surface area contributed by atoms with Crippen LogP contribution in [-0.4, -0.2) is 25.5 Å². The molecule has 0 aliphatic rings. The van der Waals surface area contributed by atoms with Crippen LogP contribution in [0.4, 0.5) is 5.69 Å². The Morgan fingerprint density at radius 3 is 2.47 bits per heavy atom. The summed E-state index contributed by atoms with van der Waals surface area (Å²) in [6.45, 7) is 4.07. The van der Waals surface area contributed by atoms with Gasteiger partial charge in [-0.15, -0.1) is 0 Å². The average molecular weight is 409 g/mol. The summed E-state index contributed by atoms with van der Waals surface area (Å²) in [5.41, 5.74) is 2.18. The number of ether oxygens (including phenoxy) is 2. The van der Waals surface area contributed by atoms with Gasteiger partial charge in [-0.25, -0.2) is 0 Å². The molecule has 2 rings (SSSR count). The van der Waals surface area contributed by atoms with Crippen LogP contribution in [-0.2, 0) is 9.59 Å². The highest BCUT2D eigenvalue weighted by atomic mass is 16.5. The Morgan fingerprint density at radius 1 is 1.10 bits per heavy atom. The first kappa shape index (κ1) is 22.8. The maximum atomic E-state index is 12.2. The van der Waals surface area contributed by atoms with Crippen molar-refractivity contribution >= 4 is 17.5 Å². The Hall–Kier alpha value is -3.53. The molecule has 0 aromatic heterocycles. The molecular formula is C23H27N3O4. The van der Waals surface area contributed by atoms with Crippen molar-refractivity contribution in [2.75, 3.05) is 19.0 Å². The number of nitrogens with one attached hydrogen (secondary N) is 2. The lowest BCUT2D eigenvalue weighted by atomic mass is 10.1. The van der Waals surface area contributed by atoms with Crippen molar-refractivity contribution in [2.24, 2.45) is 0 Å². The summed E-state index contributed by atoms with van der Waals surface area (Å²) in [4.78, 5) is 23.6. The van der Waals surface area contributed by atoms with Crippen LogP contribution in [0.5, 0.6) is 11.5 Å². The number of amides is 2. The van der Waals surface area contributed by atoms with Gasteiger partial charge >= 0.3 is 0 Å². The molecule has 0 saturated heterocycles. The monoisotopic (exact) mass is 409 g/mol. The third-order valence-electron chi connectivity index (χ3n) is 4.49. The summed E-state index contributed by atoms with van der Waals surface area (Å²) in [7, 11) is 1.52. The molecule has 0 radical (unpaired) electrons. The van der Waals surface area contributed by atoms with Crippen LogP contribution in [0.2, 0.25) is 0 Å². The number of nitrogens with zero attached hydrogens (tertiary/aromatic N) is 1. The van der Waals surface area contributed by atoms with Gasteiger partial charge in [0.15, 0.2) is 11.5 Å². The lowest BCUT2D eigenvalue weighted by Gasteiger charge is -2.15. The molecule has 158 valence electrons. The molecule has 2 aromatic rings. The normalized spacial score (nSPS) is 11.1. The first-order valence-electron chi connectivity index (χ1n) is 9.87. The van der Waals surface area contributed by atoms with Gasteiger partial charge in [0.05, 0.1) is 31.4 Å². The Bertz CT molecular complexity index is 904. The van der Waals surface area contributed by atoms with Gasteiger partial charge < -0.3 is 20.1 Å². The standard InChI is InChI=1S/C23H27N3O4/c1-4-22(27)26-19-10-8-18(9-11-19)16(2)25-23(28)6-5-13-30-20-12-7-17(15-24)14-21(20)29-3/h7-12,14,16H,4-6,13H2,1-3H3,(H,25,28)(H,26,27). The first-order valence-corrected chi connectivity index (χ1v) is 9.87. The van der Waals surface area contributed by atoms with E-state index >= 15 is 0 Å². The Balaban J connectivity index is 1.77. The van der Waals surface area contributed by atoms with E-state index in [9.17, 15) is 9.59 Å². The fraction of sp³-hybridized carbons (Fsp3) is 0.348. The summed E-state index contributed by atoms with van der Waals surface area (Å²) >= 11 is 0. The maximum absolute atomic E-state index is 12.2. The minimum Gasteiger partial charge on any atom is -0.493 e. The van der Waals surface area contributed by atoms with Gasteiger partial charge in [0.1, 0.15) is 0 Å². The minimum atomic E-state index is -0.145. The van der Waals surface area contributed by atoms with Crippen LogP contribution in [0.3, 0.4) is 0 Å². The van der Waals surface area contributed by atoms with E-state index in [1.807, 2.05) is 37.3 Å². The van der Waals surface area contributed by atoms with E-state index in [2.05, 4.69) is 10.6 Å². The fourth-order valence-corrected chi connectivity index (χ4v) is 2.77. The van der Waals surface area contributed by atoms with Crippen LogP contribution in [0.15, 0.2) is 42.5 Å². The van der Waals surface area contributed by atoms with E-state index in [0.29, 0.717) is 42.9 Å². The van der Waals surface area contributed by atoms with Crippen molar-refractivity contribution in [3.8, 4) is 17.6 Å². The zero-order valence-corrected chi connectivity index (χ0v) is 17.5. The minimum absolute atomic E-state index is 0.0371. The van der Waals surface area contributed by atoms with Crippen molar-refractivity contribution in [3.63, 3.8) is 0 Å². The molecule has 1 unspecified atom stereocenters. The smallest absolute Gasteiger partial charge is 0.224 e. The number of nitriles is 1. The molecule has 0 aliphatic carbocycles. The highest BCUT2D eigenvalue weighted by molar-refractivity contribution is 5.90. The van der Waals surface area contributed by atoms with Crippen molar-refractivity contribution in [2.45, 2.75) is 39.2 Å². The quantitative estimate of drug-likeness (QED) is 0.579. The lowest BCUT2D eigenvalue weighted by molar-refractivity contribution is -0.122. The van der Waals surface area contributed by atoms with Crippen LogP contribution < -0.4 is 20.1 Å².